The Morgan fingerprint density at radius 2 is 2.47 bits per heavy atom. The lowest BCUT2D eigenvalue weighted by atomic mass is 9.87. The van der Waals surface area contributed by atoms with Gasteiger partial charge in [0.05, 0.1) is 6.04 Å². The van der Waals surface area contributed by atoms with E-state index in [1.807, 2.05) is 11.4 Å². The van der Waals surface area contributed by atoms with E-state index in [0.29, 0.717) is 5.92 Å². The number of nitrogens with two attached hydrogens (primary N) is 1. The van der Waals surface area contributed by atoms with Gasteiger partial charge in [0.2, 0.25) is 5.91 Å². The minimum absolute atomic E-state index is 0.206. The van der Waals surface area contributed by atoms with Crippen LogP contribution in [0.4, 0.5) is 0 Å². The third kappa shape index (κ3) is 3.41. The number of carbonyl (C=O) groups is 1. The summed E-state index contributed by atoms with van der Waals surface area (Å²) < 4.78 is 0. The zero-order valence-electron chi connectivity index (χ0n) is 9.76. The number of allylic oxidation sites excluding steroid dienone is 2. The van der Waals surface area contributed by atoms with Crippen LogP contribution in [0.3, 0.4) is 0 Å². The van der Waals surface area contributed by atoms with Crippen LogP contribution in [0.2, 0.25) is 0 Å². The van der Waals surface area contributed by atoms with Gasteiger partial charge in [-0.1, -0.05) is 18.2 Å². The second-order valence-electron chi connectivity index (χ2n) is 4.38. The molecule has 92 valence electrons. The zero-order chi connectivity index (χ0) is 12.1. The number of hydrogen-bond acceptors (Lipinski definition) is 3. The van der Waals surface area contributed by atoms with Crippen LogP contribution in [-0.4, -0.2) is 11.9 Å². The Balaban J connectivity index is 1.92. The van der Waals surface area contributed by atoms with E-state index in [1.165, 1.54) is 4.88 Å². The summed E-state index contributed by atoms with van der Waals surface area (Å²) in [5.41, 5.74) is 5.48. The van der Waals surface area contributed by atoms with Crippen molar-refractivity contribution in [3.05, 3.63) is 34.5 Å². The Hall–Kier alpha value is -1.13. The van der Waals surface area contributed by atoms with Crippen LogP contribution < -0.4 is 11.1 Å². The molecule has 2 atom stereocenters. The quantitative estimate of drug-likeness (QED) is 0.786. The molecule has 3 N–H and O–H groups in total. The summed E-state index contributed by atoms with van der Waals surface area (Å²) in [4.78, 5) is 12.7. The Labute approximate surface area is 106 Å². The van der Waals surface area contributed by atoms with Crippen molar-refractivity contribution in [1.82, 2.24) is 5.32 Å². The van der Waals surface area contributed by atoms with Gasteiger partial charge in [-0.25, -0.2) is 0 Å². The van der Waals surface area contributed by atoms with Gasteiger partial charge in [-0.3, -0.25) is 4.79 Å². The van der Waals surface area contributed by atoms with Crippen LogP contribution in [-0.2, 0) is 11.3 Å². The Kier molecular flexibility index (Phi) is 4.34. The first-order chi connectivity index (χ1) is 8.27. The third-order valence-electron chi connectivity index (χ3n) is 3.16. The van der Waals surface area contributed by atoms with Crippen LogP contribution in [0.15, 0.2) is 29.7 Å². The van der Waals surface area contributed by atoms with Crippen molar-refractivity contribution in [2.75, 3.05) is 0 Å². The van der Waals surface area contributed by atoms with E-state index in [4.69, 9.17) is 5.73 Å². The molecule has 0 aromatic carbocycles. The fourth-order valence-corrected chi connectivity index (χ4v) is 2.90. The molecule has 1 aliphatic carbocycles. The maximum Gasteiger partial charge on any atom is 0.234 e. The van der Waals surface area contributed by atoms with Gasteiger partial charge in [-0.15, -0.1) is 11.3 Å². The number of thiophene rings is 1. The van der Waals surface area contributed by atoms with Crippen molar-refractivity contribution < 1.29 is 4.79 Å². The van der Waals surface area contributed by atoms with Crippen molar-refractivity contribution in [1.29, 1.82) is 0 Å². The molecule has 17 heavy (non-hydrogen) atoms. The van der Waals surface area contributed by atoms with E-state index < -0.39 is 0 Å². The van der Waals surface area contributed by atoms with E-state index in [2.05, 4.69) is 23.5 Å². The molecule has 4 heteroatoms. The predicted molar refractivity (Wildman–Crippen MR) is 70.6 cm³/mol. The largest absolute Gasteiger partial charge is 0.368 e. The summed E-state index contributed by atoms with van der Waals surface area (Å²) in [7, 11) is 0. The summed E-state index contributed by atoms with van der Waals surface area (Å²) in [6.07, 6.45) is 7.37. The minimum Gasteiger partial charge on any atom is -0.368 e. The fraction of sp³-hybridized carbons (Fsp3) is 0.462. The van der Waals surface area contributed by atoms with Crippen LogP contribution in [0.1, 0.15) is 24.1 Å². The van der Waals surface area contributed by atoms with Crippen LogP contribution in [0.25, 0.3) is 0 Å². The van der Waals surface area contributed by atoms with Gasteiger partial charge in [0.15, 0.2) is 0 Å². The van der Waals surface area contributed by atoms with Gasteiger partial charge in [0.1, 0.15) is 0 Å². The van der Waals surface area contributed by atoms with Crippen molar-refractivity contribution in [3.8, 4) is 0 Å². The van der Waals surface area contributed by atoms with Gasteiger partial charge in [0.25, 0.3) is 0 Å². The molecule has 3 nitrogen and oxygen atoms in total. The minimum atomic E-state index is -0.234. The first-order valence-corrected chi connectivity index (χ1v) is 6.85. The lowest BCUT2D eigenvalue weighted by Gasteiger charge is -2.26. The topological polar surface area (TPSA) is 55.1 Å². The highest BCUT2D eigenvalue weighted by molar-refractivity contribution is 7.09. The highest BCUT2D eigenvalue weighted by atomic mass is 32.1. The summed E-state index contributed by atoms with van der Waals surface area (Å²) in [6.45, 7) is 0.728. The second-order valence-corrected chi connectivity index (χ2v) is 5.42. The average Bonchev–Trinajstić information content (AvgIpc) is 2.83. The molecular formula is C13H18N2OS. The Morgan fingerprint density at radius 1 is 1.59 bits per heavy atom. The molecule has 0 spiro atoms. The van der Waals surface area contributed by atoms with Crippen LogP contribution >= 0.6 is 11.3 Å². The Morgan fingerprint density at radius 3 is 3.06 bits per heavy atom. The first kappa shape index (κ1) is 12.3. The molecule has 0 radical (unpaired) electrons. The number of nitrogens with one attached hydrogen (secondary N) is 1. The highest BCUT2D eigenvalue weighted by Crippen LogP contribution is 2.22. The molecular weight excluding hydrogens is 232 g/mol. The van der Waals surface area contributed by atoms with Gasteiger partial charge < -0.3 is 11.1 Å². The molecule has 1 aliphatic rings. The Bertz CT molecular complexity index is 386. The van der Waals surface area contributed by atoms with Crippen molar-refractivity contribution in [2.24, 2.45) is 11.7 Å². The second kappa shape index (κ2) is 5.98. The maximum absolute atomic E-state index is 11.5. The van der Waals surface area contributed by atoms with E-state index in [9.17, 15) is 4.79 Å². The molecule has 2 rings (SSSR count). The monoisotopic (exact) mass is 250 g/mol. The van der Waals surface area contributed by atoms with Gasteiger partial charge in [-0.05, 0) is 36.6 Å². The molecule has 1 aromatic heterocycles. The predicted octanol–water partition coefficient (Wildman–Crippen LogP) is 2.05. The van der Waals surface area contributed by atoms with Crippen molar-refractivity contribution in [2.45, 2.75) is 31.8 Å². The normalized spacial score (nSPS) is 21.3. The smallest absolute Gasteiger partial charge is 0.234 e. The molecule has 0 aliphatic heterocycles. The summed E-state index contributed by atoms with van der Waals surface area (Å²) >= 11 is 1.69. The lowest BCUT2D eigenvalue weighted by Crippen LogP contribution is -2.46. The van der Waals surface area contributed by atoms with Crippen molar-refractivity contribution >= 4 is 17.2 Å². The number of carbonyl (C=O) groups excluding carboxylic acids is 1. The van der Waals surface area contributed by atoms with Gasteiger partial charge >= 0.3 is 0 Å². The summed E-state index contributed by atoms with van der Waals surface area (Å²) in [5, 5.41) is 5.33. The molecule has 1 aromatic rings. The molecule has 0 saturated heterocycles. The van der Waals surface area contributed by atoms with Crippen molar-refractivity contribution in [3.63, 3.8) is 0 Å². The summed E-state index contributed by atoms with van der Waals surface area (Å²) in [5.74, 6) is 0.110. The van der Waals surface area contributed by atoms with E-state index in [0.717, 1.165) is 25.8 Å². The zero-order valence-corrected chi connectivity index (χ0v) is 10.6. The fourth-order valence-electron chi connectivity index (χ4n) is 2.24. The maximum atomic E-state index is 11.5. The number of rotatable bonds is 5. The van der Waals surface area contributed by atoms with E-state index >= 15 is 0 Å². The van der Waals surface area contributed by atoms with Crippen LogP contribution in [0, 0.1) is 5.92 Å². The highest BCUT2D eigenvalue weighted by Gasteiger charge is 2.25. The lowest BCUT2D eigenvalue weighted by molar-refractivity contribution is -0.121. The van der Waals surface area contributed by atoms with E-state index in [1.54, 1.807) is 11.3 Å². The molecule has 0 bridgehead atoms. The summed E-state index contributed by atoms with van der Waals surface area (Å²) in [6, 6.07) is 3.88. The number of amides is 1. The average molecular weight is 250 g/mol. The first-order valence-electron chi connectivity index (χ1n) is 5.97. The SMILES string of the molecule is NC(=O)C(NCc1cccs1)C1CC=CCC1. The van der Waals surface area contributed by atoms with Gasteiger partial charge in [-0.2, -0.15) is 0 Å². The molecule has 2 unspecified atom stereocenters. The molecule has 0 saturated carbocycles. The number of primary amides is 1. The molecule has 0 fully saturated rings. The van der Waals surface area contributed by atoms with Crippen LogP contribution in [0.5, 0.6) is 0 Å². The van der Waals surface area contributed by atoms with Gasteiger partial charge in [0, 0.05) is 11.4 Å². The standard InChI is InChI=1S/C13H18N2OS/c14-13(16)12(10-5-2-1-3-6-10)15-9-11-7-4-8-17-11/h1-2,4,7-8,10,12,15H,3,5-6,9H2,(H2,14,16). The molecule has 1 amide bonds. The molecule has 1 heterocycles. The van der Waals surface area contributed by atoms with E-state index in [-0.39, 0.29) is 11.9 Å². The third-order valence-corrected chi connectivity index (χ3v) is 4.04. The number of hydrogen-bond donors (Lipinski definition) is 2.